The number of anilines is 3. The molecule has 0 atom stereocenters. The average Bonchev–Trinajstić information content (AvgIpc) is 3.19. The Morgan fingerprint density at radius 1 is 1.15 bits per heavy atom. The van der Waals surface area contributed by atoms with Gasteiger partial charge < -0.3 is 11.1 Å². The number of aromatic nitrogens is 2. The van der Waals surface area contributed by atoms with Gasteiger partial charge in [0, 0.05) is 18.1 Å². The van der Waals surface area contributed by atoms with Crippen molar-refractivity contribution in [2.24, 2.45) is 0 Å². The van der Waals surface area contributed by atoms with E-state index in [2.05, 4.69) is 31.2 Å². The maximum atomic E-state index is 13.7. The van der Waals surface area contributed by atoms with E-state index in [1.165, 1.54) is 12.1 Å². The first kappa shape index (κ1) is 13.2. The first-order valence-corrected chi connectivity index (χ1v) is 6.88. The minimum absolute atomic E-state index is 0.123. The fraction of sp³-hybridized carbons (Fsp3) is 0.231. The highest BCUT2D eigenvalue weighted by molar-refractivity contribution is 9.10. The summed E-state index contributed by atoms with van der Waals surface area (Å²) in [4.78, 5) is 8.46. The van der Waals surface area contributed by atoms with Crippen LogP contribution in [0.25, 0.3) is 0 Å². The van der Waals surface area contributed by atoms with Crippen molar-refractivity contribution in [1.29, 1.82) is 0 Å². The third-order valence-corrected chi connectivity index (χ3v) is 3.59. The molecule has 0 amide bonds. The Morgan fingerprint density at radius 2 is 1.90 bits per heavy atom. The molecule has 20 heavy (non-hydrogen) atoms. The van der Waals surface area contributed by atoms with Crippen LogP contribution in [0, 0.1) is 11.6 Å². The molecule has 0 spiro atoms. The predicted octanol–water partition coefficient (Wildman–Crippen LogP) is 3.72. The summed E-state index contributed by atoms with van der Waals surface area (Å²) in [6.07, 6.45) is 2.08. The fourth-order valence-electron chi connectivity index (χ4n) is 1.83. The number of nitrogens with two attached hydrogens (primary N) is 1. The van der Waals surface area contributed by atoms with E-state index in [9.17, 15) is 8.78 Å². The lowest BCUT2D eigenvalue weighted by Gasteiger charge is -2.09. The van der Waals surface area contributed by atoms with Gasteiger partial charge in [-0.1, -0.05) is 0 Å². The third kappa shape index (κ3) is 2.72. The second kappa shape index (κ2) is 4.97. The summed E-state index contributed by atoms with van der Waals surface area (Å²) in [6.45, 7) is 0. The number of nitrogens with zero attached hydrogens (tertiary/aromatic N) is 2. The molecule has 0 unspecified atom stereocenters. The summed E-state index contributed by atoms with van der Waals surface area (Å²) >= 11 is 3.02. The summed E-state index contributed by atoms with van der Waals surface area (Å²) in [6, 6.07) is 3.64. The van der Waals surface area contributed by atoms with E-state index >= 15 is 0 Å². The van der Waals surface area contributed by atoms with Crippen LogP contribution in [0.5, 0.6) is 0 Å². The lowest BCUT2D eigenvalue weighted by Crippen LogP contribution is -2.04. The molecular formula is C13H11BrF2N4. The Hall–Kier alpha value is -1.76. The molecule has 4 nitrogen and oxygen atoms in total. The van der Waals surface area contributed by atoms with Gasteiger partial charge in [-0.05, 0) is 34.8 Å². The van der Waals surface area contributed by atoms with Crippen molar-refractivity contribution in [2.75, 3.05) is 11.1 Å². The normalized spacial score (nSPS) is 14.3. The fourth-order valence-corrected chi connectivity index (χ4v) is 2.17. The SMILES string of the molecule is Nc1cc(Nc2cc(Br)c(F)cc2F)nc(C2CC2)n1. The zero-order chi connectivity index (χ0) is 14.3. The first-order valence-electron chi connectivity index (χ1n) is 6.09. The van der Waals surface area contributed by atoms with Crippen LogP contribution in [0.4, 0.5) is 26.1 Å². The zero-order valence-electron chi connectivity index (χ0n) is 10.3. The molecule has 1 aliphatic rings. The van der Waals surface area contributed by atoms with E-state index in [0.29, 0.717) is 23.4 Å². The Balaban J connectivity index is 1.92. The smallest absolute Gasteiger partial charge is 0.149 e. The Morgan fingerprint density at radius 3 is 2.60 bits per heavy atom. The molecule has 1 heterocycles. The molecular weight excluding hydrogens is 330 g/mol. The lowest BCUT2D eigenvalue weighted by molar-refractivity contribution is 0.581. The van der Waals surface area contributed by atoms with Gasteiger partial charge in [0.25, 0.3) is 0 Å². The zero-order valence-corrected chi connectivity index (χ0v) is 11.9. The van der Waals surface area contributed by atoms with E-state index in [1.807, 2.05) is 0 Å². The van der Waals surface area contributed by atoms with Crippen LogP contribution in [0.1, 0.15) is 24.6 Å². The van der Waals surface area contributed by atoms with Gasteiger partial charge in [0.15, 0.2) is 0 Å². The van der Waals surface area contributed by atoms with Gasteiger partial charge >= 0.3 is 0 Å². The first-order chi connectivity index (χ1) is 9.52. The van der Waals surface area contributed by atoms with Crippen LogP contribution in [0.2, 0.25) is 0 Å². The topological polar surface area (TPSA) is 63.8 Å². The van der Waals surface area contributed by atoms with Crippen molar-refractivity contribution in [2.45, 2.75) is 18.8 Å². The Bertz CT molecular complexity index is 674. The van der Waals surface area contributed by atoms with Crippen molar-refractivity contribution in [3.8, 4) is 0 Å². The molecule has 1 aromatic heterocycles. The van der Waals surface area contributed by atoms with E-state index in [4.69, 9.17) is 5.73 Å². The van der Waals surface area contributed by atoms with Crippen LogP contribution in [0.3, 0.4) is 0 Å². The van der Waals surface area contributed by atoms with Crippen LogP contribution < -0.4 is 11.1 Å². The summed E-state index contributed by atoms with van der Waals surface area (Å²) < 4.78 is 27.0. The van der Waals surface area contributed by atoms with Crippen LogP contribution in [0.15, 0.2) is 22.7 Å². The van der Waals surface area contributed by atoms with Crippen LogP contribution >= 0.6 is 15.9 Å². The molecule has 0 radical (unpaired) electrons. The molecule has 0 saturated heterocycles. The summed E-state index contributed by atoms with van der Waals surface area (Å²) in [5.41, 5.74) is 5.84. The highest BCUT2D eigenvalue weighted by atomic mass is 79.9. The molecule has 1 fully saturated rings. The predicted molar refractivity (Wildman–Crippen MR) is 75.8 cm³/mol. The largest absolute Gasteiger partial charge is 0.384 e. The Kier molecular flexibility index (Phi) is 3.29. The maximum Gasteiger partial charge on any atom is 0.149 e. The lowest BCUT2D eigenvalue weighted by atomic mass is 10.3. The highest BCUT2D eigenvalue weighted by Gasteiger charge is 2.27. The molecule has 2 aromatic rings. The number of halogens is 3. The highest BCUT2D eigenvalue weighted by Crippen LogP contribution is 2.39. The van der Waals surface area contributed by atoms with Crippen molar-refractivity contribution >= 4 is 33.3 Å². The summed E-state index contributed by atoms with van der Waals surface area (Å²) in [5.74, 6) is 0.366. The summed E-state index contributed by atoms with van der Waals surface area (Å²) in [7, 11) is 0. The van der Waals surface area contributed by atoms with E-state index in [-0.39, 0.29) is 10.2 Å². The minimum atomic E-state index is -0.698. The molecule has 0 aliphatic heterocycles. The molecule has 1 aromatic carbocycles. The van der Waals surface area contributed by atoms with Crippen molar-refractivity contribution < 1.29 is 8.78 Å². The van der Waals surface area contributed by atoms with Crippen LogP contribution in [-0.2, 0) is 0 Å². The van der Waals surface area contributed by atoms with Gasteiger partial charge in [-0.3, -0.25) is 0 Å². The quantitative estimate of drug-likeness (QED) is 0.836. The number of benzene rings is 1. The van der Waals surface area contributed by atoms with E-state index < -0.39 is 11.6 Å². The van der Waals surface area contributed by atoms with Gasteiger partial charge in [-0.2, -0.15) is 0 Å². The summed E-state index contributed by atoms with van der Waals surface area (Å²) in [5, 5.41) is 2.80. The monoisotopic (exact) mass is 340 g/mol. The number of rotatable bonds is 3. The molecule has 3 N–H and O–H groups in total. The number of hydrogen-bond acceptors (Lipinski definition) is 4. The van der Waals surface area contributed by atoms with Gasteiger partial charge in [-0.15, -0.1) is 0 Å². The number of nitrogens with one attached hydrogen (secondary N) is 1. The van der Waals surface area contributed by atoms with Crippen LogP contribution in [-0.4, -0.2) is 9.97 Å². The van der Waals surface area contributed by atoms with Gasteiger partial charge in [-0.25, -0.2) is 18.7 Å². The standard InChI is InChI=1S/C13H11BrF2N4/c14-7-3-10(9(16)4-8(7)15)18-12-5-11(17)19-13(20-12)6-1-2-6/h3-6H,1-2H2,(H3,17,18,19,20). The molecule has 1 aliphatic carbocycles. The third-order valence-electron chi connectivity index (χ3n) is 2.98. The molecule has 1 saturated carbocycles. The Labute approximate surface area is 122 Å². The van der Waals surface area contributed by atoms with Gasteiger partial charge in [0.2, 0.25) is 0 Å². The minimum Gasteiger partial charge on any atom is -0.384 e. The molecule has 0 bridgehead atoms. The second-order valence-corrected chi connectivity index (χ2v) is 5.54. The van der Waals surface area contributed by atoms with E-state index in [1.54, 1.807) is 0 Å². The average molecular weight is 341 g/mol. The van der Waals surface area contributed by atoms with E-state index in [0.717, 1.165) is 18.9 Å². The van der Waals surface area contributed by atoms with Gasteiger partial charge in [0.1, 0.15) is 29.1 Å². The number of nitrogen functional groups attached to an aromatic ring is 1. The molecule has 3 rings (SSSR count). The maximum absolute atomic E-state index is 13.7. The van der Waals surface area contributed by atoms with Crippen molar-refractivity contribution in [3.63, 3.8) is 0 Å². The van der Waals surface area contributed by atoms with Gasteiger partial charge in [0.05, 0.1) is 10.2 Å². The molecule has 7 heteroatoms. The molecule has 104 valence electrons. The second-order valence-electron chi connectivity index (χ2n) is 4.68. The van der Waals surface area contributed by atoms with Crippen molar-refractivity contribution in [3.05, 3.63) is 40.1 Å². The number of hydrogen-bond donors (Lipinski definition) is 2. The van der Waals surface area contributed by atoms with Crippen molar-refractivity contribution in [1.82, 2.24) is 9.97 Å².